The number of benzene rings is 1. The molecule has 0 atom stereocenters. The van der Waals surface area contributed by atoms with Crippen LogP contribution < -0.4 is 9.47 Å². The number of hydrogen-bond donors (Lipinski definition) is 0. The van der Waals surface area contributed by atoms with Crippen LogP contribution in [0.15, 0.2) is 18.2 Å². The molecule has 0 bridgehead atoms. The highest BCUT2D eigenvalue weighted by atomic mass is 16.5. The van der Waals surface area contributed by atoms with Crippen LogP contribution in [0.5, 0.6) is 11.5 Å². The zero-order chi connectivity index (χ0) is 14.1. The molecule has 0 saturated carbocycles. The van der Waals surface area contributed by atoms with Crippen molar-refractivity contribution in [3.63, 3.8) is 0 Å². The third-order valence-electron chi connectivity index (χ3n) is 2.38. The lowest BCUT2D eigenvalue weighted by Gasteiger charge is -2.12. The number of rotatable bonds is 8. The second-order valence-corrected chi connectivity index (χ2v) is 4.08. The normalized spacial score (nSPS) is 10.1. The lowest BCUT2D eigenvalue weighted by atomic mass is 10.2. The maximum Gasteiger partial charge on any atom is 0.341 e. The zero-order valence-corrected chi connectivity index (χ0v) is 11.9. The molecule has 0 aliphatic heterocycles. The van der Waals surface area contributed by atoms with Crippen molar-refractivity contribution >= 4 is 5.97 Å². The highest BCUT2D eigenvalue weighted by molar-refractivity contribution is 5.92. The monoisotopic (exact) mass is 266 g/mol. The van der Waals surface area contributed by atoms with Crippen molar-refractivity contribution in [1.29, 1.82) is 0 Å². The van der Waals surface area contributed by atoms with Gasteiger partial charge in [-0.15, -0.1) is 0 Å². The Morgan fingerprint density at radius 3 is 2.37 bits per heavy atom. The Bertz CT molecular complexity index is 401. The second kappa shape index (κ2) is 8.40. The average Bonchev–Trinajstić information content (AvgIpc) is 2.43. The van der Waals surface area contributed by atoms with E-state index >= 15 is 0 Å². The van der Waals surface area contributed by atoms with Crippen LogP contribution in [-0.4, -0.2) is 25.8 Å². The molecule has 1 rings (SSSR count). The maximum absolute atomic E-state index is 11.8. The molecule has 0 fully saturated rings. The van der Waals surface area contributed by atoms with Crippen LogP contribution in [0.4, 0.5) is 0 Å². The molecule has 0 saturated heterocycles. The van der Waals surface area contributed by atoms with Crippen molar-refractivity contribution in [3.8, 4) is 11.5 Å². The van der Waals surface area contributed by atoms with Crippen molar-refractivity contribution in [2.75, 3.05) is 19.8 Å². The van der Waals surface area contributed by atoms with Gasteiger partial charge in [-0.05, 0) is 31.9 Å². The van der Waals surface area contributed by atoms with Crippen LogP contribution in [0, 0.1) is 0 Å². The summed E-state index contributed by atoms with van der Waals surface area (Å²) in [5.41, 5.74) is 0.444. The summed E-state index contributed by atoms with van der Waals surface area (Å²) < 4.78 is 16.1. The fraction of sp³-hybridized carbons (Fsp3) is 0.533. The second-order valence-electron chi connectivity index (χ2n) is 4.08. The summed E-state index contributed by atoms with van der Waals surface area (Å²) in [7, 11) is 0. The fourth-order valence-electron chi connectivity index (χ4n) is 1.52. The van der Waals surface area contributed by atoms with E-state index < -0.39 is 0 Å². The Kier molecular flexibility index (Phi) is 6.79. The minimum absolute atomic E-state index is 0.347. The Morgan fingerprint density at radius 1 is 1.05 bits per heavy atom. The van der Waals surface area contributed by atoms with E-state index in [-0.39, 0.29) is 5.97 Å². The van der Waals surface area contributed by atoms with Gasteiger partial charge in [0, 0.05) is 6.07 Å². The summed E-state index contributed by atoms with van der Waals surface area (Å²) in [5, 5.41) is 0. The molecule has 1 aromatic carbocycles. The summed E-state index contributed by atoms with van der Waals surface area (Å²) in [6.45, 7) is 7.39. The number of hydrogen-bond acceptors (Lipinski definition) is 4. The Labute approximate surface area is 114 Å². The predicted molar refractivity (Wildman–Crippen MR) is 74.0 cm³/mol. The van der Waals surface area contributed by atoms with Gasteiger partial charge in [0.1, 0.15) is 17.1 Å². The van der Waals surface area contributed by atoms with E-state index in [0.717, 1.165) is 12.8 Å². The third kappa shape index (κ3) is 4.81. The van der Waals surface area contributed by atoms with Gasteiger partial charge < -0.3 is 14.2 Å². The van der Waals surface area contributed by atoms with E-state index in [1.807, 2.05) is 13.8 Å². The highest BCUT2D eigenvalue weighted by Crippen LogP contribution is 2.26. The van der Waals surface area contributed by atoms with Crippen LogP contribution in [-0.2, 0) is 4.74 Å². The smallest absolute Gasteiger partial charge is 0.341 e. The molecular weight excluding hydrogens is 244 g/mol. The molecule has 0 amide bonds. The molecule has 106 valence electrons. The van der Waals surface area contributed by atoms with E-state index in [1.165, 1.54) is 0 Å². The minimum Gasteiger partial charge on any atom is -0.493 e. The van der Waals surface area contributed by atoms with Crippen LogP contribution in [0.3, 0.4) is 0 Å². The molecule has 0 radical (unpaired) electrons. The molecule has 4 nitrogen and oxygen atoms in total. The largest absolute Gasteiger partial charge is 0.493 e. The summed E-state index contributed by atoms with van der Waals surface area (Å²) in [4.78, 5) is 11.8. The summed E-state index contributed by atoms with van der Waals surface area (Å²) >= 11 is 0. The molecule has 0 aromatic heterocycles. The quantitative estimate of drug-likeness (QED) is 0.676. The van der Waals surface area contributed by atoms with Crippen LogP contribution in [0.1, 0.15) is 44.0 Å². The average molecular weight is 266 g/mol. The SMILES string of the molecule is CCCOc1ccc(C(=O)OCC)c(OCCC)c1. The first-order valence-corrected chi connectivity index (χ1v) is 6.79. The number of carbonyl (C=O) groups is 1. The first kappa shape index (κ1) is 15.3. The lowest BCUT2D eigenvalue weighted by Crippen LogP contribution is -2.09. The molecule has 19 heavy (non-hydrogen) atoms. The van der Waals surface area contributed by atoms with Gasteiger partial charge in [-0.25, -0.2) is 4.79 Å². The number of ether oxygens (including phenoxy) is 3. The minimum atomic E-state index is -0.365. The van der Waals surface area contributed by atoms with E-state index in [4.69, 9.17) is 14.2 Å². The number of carbonyl (C=O) groups excluding carboxylic acids is 1. The molecule has 0 heterocycles. The first-order chi connectivity index (χ1) is 9.22. The van der Waals surface area contributed by atoms with Gasteiger partial charge in [-0.1, -0.05) is 13.8 Å². The van der Waals surface area contributed by atoms with Crippen molar-refractivity contribution < 1.29 is 19.0 Å². The predicted octanol–water partition coefficient (Wildman–Crippen LogP) is 3.44. The van der Waals surface area contributed by atoms with Crippen molar-refractivity contribution in [1.82, 2.24) is 0 Å². The Morgan fingerprint density at radius 2 is 1.74 bits per heavy atom. The van der Waals surface area contributed by atoms with Crippen molar-refractivity contribution in [3.05, 3.63) is 23.8 Å². The molecule has 0 N–H and O–H groups in total. The third-order valence-corrected chi connectivity index (χ3v) is 2.38. The van der Waals surface area contributed by atoms with Crippen LogP contribution >= 0.6 is 0 Å². The summed E-state index contributed by atoms with van der Waals surface area (Å²) in [5.74, 6) is 0.866. The van der Waals surface area contributed by atoms with Gasteiger partial charge in [0.2, 0.25) is 0 Å². The maximum atomic E-state index is 11.8. The van der Waals surface area contributed by atoms with E-state index in [1.54, 1.807) is 25.1 Å². The van der Waals surface area contributed by atoms with E-state index in [2.05, 4.69) is 0 Å². The van der Waals surface area contributed by atoms with Crippen molar-refractivity contribution in [2.45, 2.75) is 33.6 Å². The molecule has 0 unspecified atom stereocenters. The molecular formula is C15H22O4. The Hall–Kier alpha value is -1.71. The molecule has 0 aliphatic rings. The highest BCUT2D eigenvalue weighted by Gasteiger charge is 2.14. The van der Waals surface area contributed by atoms with Gasteiger partial charge >= 0.3 is 5.97 Å². The van der Waals surface area contributed by atoms with Gasteiger partial charge in [-0.3, -0.25) is 0 Å². The molecule has 0 spiro atoms. The molecule has 1 aromatic rings. The van der Waals surface area contributed by atoms with Gasteiger partial charge in [0.05, 0.1) is 19.8 Å². The fourth-order valence-corrected chi connectivity index (χ4v) is 1.52. The summed E-state index contributed by atoms with van der Waals surface area (Å²) in [6.07, 6.45) is 1.81. The van der Waals surface area contributed by atoms with Crippen molar-refractivity contribution in [2.24, 2.45) is 0 Å². The lowest BCUT2D eigenvalue weighted by molar-refractivity contribution is 0.0521. The van der Waals surface area contributed by atoms with Gasteiger partial charge in [0.25, 0.3) is 0 Å². The van der Waals surface area contributed by atoms with E-state index in [0.29, 0.717) is 36.9 Å². The zero-order valence-electron chi connectivity index (χ0n) is 11.9. The van der Waals surface area contributed by atoms with Crippen LogP contribution in [0.25, 0.3) is 0 Å². The standard InChI is InChI=1S/C15H22O4/c1-4-9-18-12-7-8-13(15(16)17-6-3)14(11-12)19-10-5-2/h7-8,11H,4-6,9-10H2,1-3H3. The molecule has 0 aliphatic carbocycles. The first-order valence-electron chi connectivity index (χ1n) is 6.79. The van der Waals surface area contributed by atoms with E-state index in [9.17, 15) is 4.79 Å². The summed E-state index contributed by atoms with van der Waals surface area (Å²) in [6, 6.07) is 5.20. The molecule has 4 heteroatoms. The topological polar surface area (TPSA) is 44.8 Å². The van der Waals surface area contributed by atoms with Gasteiger partial charge in [0.15, 0.2) is 0 Å². The number of esters is 1. The van der Waals surface area contributed by atoms with Crippen LogP contribution in [0.2, 0.25) is 0 Å². The Balaban J connectivity index is 2.91. The van der Waals surface area contributed by atoms with Gasteiger partial charge in [-0.2, -0.15) is 0 Å².